The normalized spacial score (nSPS) is 11.8. The third-order valence-corrected chi connectivity index (χ3v) is 1.86. The van der Waals surface area contributed by atoms with Crippen molar-refractivity contribution in [2.24, 2.45) is 0 Å². The molecule has 1 atom stereocenters. The molecule has 3 nitrogen and oxygen atoms in total. The lowest BCUT2D eigenvalue weighted by molar-refractivity contribution is -0.108. The molecule has 1 aromatic carbocycles. The van der Waals surface area contributed by atoms with Crippen molar-refractivity contribution in [3.63, 3.8) is 0 Å². The molecule has 0 radical (unpaired) electrons. The molecule has 0 saturated carbocycles. The first-order valence-electron chi connectivity index (χ1n) is 4.53. The summed E-state index contributed by atoms with van der Waals surface area (Å²) in [7, 11) is 0. The Labute approximate surface area is 83.1 Å². The summed E-state index contributed by atoms with van der Waals surface area (Å²) in [5, 5.41) is 2.73. The molecule has 3 heteroatoms. The number of carbonyl (C=O) groups is 2. The summed E-state index contributed by atoms with van der Waals surface area (Å²) < 4.78 is 0. The number of hydrogen-bond acceptors (Lipinski definition) is 2. The summed E-state index contributed by atoms with van der Waals surface area (Å²) in [6.45, 7) is 1.80. The molecular formula is C11H13NO2. The third-order valence-electron chi connectivity index (χ3n) is 1.86. The van der Waals surface area contributed by atoms with Gasteiger partial charge in [0.1, 0.15) is 6.29 Å². The van der Waals surface area contributed by atoms with E-state index in [0.29, 0.717) is 12.0 Å². The highest BCUT2D eigenvalue weighted by Crippen LogP contribution is 1.99. The quantitative estimate of drug-likeness (QED) is 0.731. The van der Waals surface area contributed by atoms with Crippen LogP contribution in [0.15, 0.2) is 30.3 Å². The highest BCUT2D eigenvalue weighted by molar-refractivity contribution is 5.94. The van der Waals surface area contributed by atoms with Crippen LogP contribution in [0.25, 0.3) is 0 Å². The van der Waals surface area contributed by atoms with Gasteiger partial charge in [-0.1, -0.05) is 18.2 Å². The smallest absolute Gasteiger partial charge is 0.251 e. The summed E-state index contributed by atoms with van der Waals surface area (Å²) in [6, 6.07) is 8.83. The van der Waals surface area contributed by atoms with Crippen LogP contribution in [0.1, 0.15) is 23.7 Å². The van der Waals surface area contributed by atoms with E-state index < -0.39 is 0 Å². The highest BCUT2D eigenvalue weighted by Gasteiger charge is 2.07. The van der Waals surface area contributed by atoms with Crippen molar-refractivity contribution in [1.29, 1.82) is 0 Å². The molecule has 1 N–H and O–H groups in total. The molecule has 0 aromatic heterocycles. The fourth-order valence-corrected chi connectivity index (χ4v) is 1.10. The van der Waals surface area contributed by atoms with E-state index >= 15 is 0 Å². The molecule has 0 saturated heterocycles. The molecule has 1 rings (SSSR count). The Morgan fingerprint density at radius 2 is 2.07 bits per heavy atom. The lowest BCUT2D eigenvalue weighted by atomic mass is 10.2. The van der Waals surface area contributed by atoms with Gasteiger partial charge in [-0.2, -0.15) is 0 Å². The zero-order valence-corrected chi connectivity index (χ0v) is 8.07. The van der Waals surface area contributed by atoms with Gasteiger partial charge in [-0.25, -0.2) is 0 Å². The van der Waals surface area contributed by atoms with Gasteiger partial charge >= 0.3 is 0 Å². The molecule has 1 aromatic rings. The van der Waals surface area contributed by atoms with Crippen LogP contribution in [0.2, 0.25) is 0 Å². The maximum atomic E-state index is 11.5. The van der Waals surface area contributed by atoms with Crippen LogP contribution in [0.3, 0.4) is 0 Å². The topological polar surface area (TPSA) is 46.2 Å². The molecule has 0 aliphatic carbocycles. The molecule has 0 heterocycles. The van der Waals surface area contributed by atoms with Crippen LogP contribution in [0.5, 0.6) is 0 Å². The number of hydrogen-bond donors (Lipinski definition) is 1. The van der Waals surface area contributed by atoms with E-state index in [1.807, 2.05) is 6.07 Å². The zero-order valence-electron chi connectivity index (χ0n) is 8.07. The third kappa shape index (κ3) is 3.01. The number of benzene rings is 1. The van der Waals surface area contributed by atoms with Crippen LogP contribution in [0, 0.1) is 0 Å². The van der Waals surface area contributed by atoms with Crippen molar-refractivity contribution >= 4 is 12.2 Å². The molecule has 0 aliphatic heterocycles. The fraction of sp³-hybridized carbons (Fsp3) is 0.273. The molecule has 0 unspecified atom stereocenters. The first-order chi connectivity index (χ1) is 6.74. The molecule has 1 amide bonds. The van der Waals surface area contributed by atoms with Gasteiger partial charge < -0.3 is 10.1 Å². The van der Waals surface area contributed by atoms with Gasteiger partial charge in [0, 0.05) is 18.0 Å². The van der Waals surface area contributed by atoms with Crippen molar-refractivity contribution in [2.75, 3.05) is 0 Å². The summed E-state index contributed by atoms with van der Waals surface area (Å²) in [4.78, 5) is 21.7. The number of nitrogens with one attached hydrogen (secondary N) is 1. The van der Waals surface area contributed by atoms with Gasteiger partial charge in [0.05, 0.1) is 0 Å². The Bertz CT molecular complexity index is 308. The van der Waals surface area contributed by atoms with Crippen LogP contribution in [0.4, 0.5) is 0 Å². The van der Waals surface area contributed by atoms with Crippen LogP contribution < -0.4 is 5.32 Å². The van der Waals surface area contributed by atoms with Crippen LogP contribution in [-0.2, 0) is 4.79 Å². The molecule has 0 bridgehead atoms. The van der Waals surface area contributed by atoms with E-state index in [1.165, 1.54) is 0 Å². The van der Waals surface area contributed by atoms with Gasteiger partial charge in [-0.3, -0.25) is 4.79 Å². The summed E-state index contributed by atoms with van der Waals surface area (Å²) in [6.07, 6.45) is 1.15. The number of amides is 1. The summed E-state index contributed by atoms with van der Waals surface area (Å²) in [5.41, 5.74) is 0.616. The summed E-state index contributed by atoms with van der Waals surface area (Å²) in [5.74, 6) is -0.139. The number of aldehydes is 1. The van der Waals surface area contributed by atoms with Gasteiger partial charge in [-0.05, 0) is 19.1 Å². The maximum Gasteiger partial charge on any atom is 0.251 e. The molecular weight excluding hydrogens is 178 g/mol. The van der Waals surface area contributed by atoms with Crippen LogP contribution in [-0.4, -0.2) is 18.2 Å². The first-order valence-corrected chi connectivity index (χ1v) is 4.53. The molecule has 0 fully saturated rings. The van der Waals surface area contributed by atoms with Crippen molar-refractivity contribution in [3.8, 4) is 0 Å². The van der Waals surface area contributed by atoms with E-state index in [4.69, 9.17) is 0 Å². The molecule has 74 valence electrons. The van der Waals surface area contributed by atoms with E-state index in [9.17, 15) is 9.59 Å². The van der Waals surface area contributed by atoms with Gasteiger partial charge in [0.2, 0.25) is 0 Å². The van der Waals surface area contributed by atoms with Gasteiger partial charge in [0.15, 0.2) is 0 Å². The second kappa shape index (κ2) is 5.17. The monoisotopic (exact) mass is 191 g/mol. The number of rotatable bonds is 4. The van der Waals surface area contributed by atoms with E-state index in [1.54, 1.807) is 31.2 Å². The fourth-order valence-electron chi connectivity index (χ4n) is 1.10. The van der Waals surface area contributed by atoms with Gasteiger partial charge in [-0.15, -0.1) is 0 Å². The van der Waals surface area contributed by atoms with Gasteiger partial charge in [0.25, 0.3) is 5.91 Å². The average molecular weight is 191 g/mol. The standard InChI is InChI=1S/C11H13NO2/c1-9(7-8-13)12-11(14)10-5-3-2-4-6-10/h2-6,8-9H,7H2,1H3,(H,12,14)/t9-/m1/s1. The second-order valence-corrected chi connectivity index (χ2v) is 3.14. The minimum absolute atomic E-state index is 0.111. The maximum absolute atomic E-state index is 11.5. The second-order valence-electron chi connectivity index (χ2n) is 3.14. The molecule has 0 aliphatic rings. The van der Waals surface area contributed by atoms with E-state index in [-0.39, 0.29) is 11.9 Å². The Balaban J connectivity index is 2.55. The average Bonchev–Trinajstić information content (AvgIpc) is 2.19. The van der Waals surface area contributed by atoms with E-state index in [0.717, 1.165) is 6.29 Å². The van der Waals surface area contributed by atoms with Crippen molar-refractivity contribution < 1.29 is 9.59 Å². The minimum atomic E-state index is -0.139. The SMILES string of the molecule is C[C@H](CC=O)NC(=O)c1ccccc1. The lowest BCUT2D eigenvalue weighted by Crippen LogP contribution is -2.32. The highest BCUT2D eigenvalue weighted by atomic mass is 16.1. The Morgan fingerprint density at radius 1 is 1.43 bits per heavy atom. The first kappa shape index (κ1) is 10.4. The zero-order chi connectivity index (χ0) is 10.4. The Kier molecular flexibility index (Phi) is 3.85. The largest absolute Gasteiger partial charge is 0.349 e. The summed E-state index contributed by atoms with van der Waals surface area (Å²) >= 11 is 0. The minimum Gasteiger partial charge on any atom is -0.349 e. The van der Waals surface area contributed by atoms with Crippen molar-refractivity contribution in [2.45, 2.75) is 19.4 Å². The number of carbonyl (C=O) groups excluding carboxylic acids is 2. The van der Waals surface area contributed by atoms with Crippen LogP contribution >= 0.6 is 0 Å². The lowest BCUT2D eigenvalue weighted by Gasteiger charge is -2.10. The molecule has 0 spiro atoms. The predicted molar refractivity (Wildman–Crippen MR) is 54.1 cm³/mol. The van der Waals surface area contributed by atoms with Crippen molar-refractivity contribution in [1.82, 2.24) is 5.32 Å². The molecule has 14 heavy (non-hydrogen) atoms. The predicted octanol–water partition coefficient (Wildman–Crippen LogP) is 1.39. The Hall–Kier alpha value is -1.64. The Morgan fingerprint density at radius 3 is 2.64 bits per heavy atom. The van der Waals surface area contributed by atoms with E-state index in [2.05, 4.69) is 5.32 Å². The van der Waals surface area contributed by atoms with Crippen molar-refractivity contribution in [3.05, 3.63) is 35.9 Å².